The van der Waals surface area contributed by atoms with Crippen LogP contribution in [0.25, 0.3) is 10.9 Å². The topological polar surface area (TPSA) is 23.4 Å². The monoisotopic (exact) mass is 281 g/mol. The van der Waals surface area contributed by atoms with Crippen LogP contribution in [-0.4, -0.2) is 18.3 Å². The van der Waals surface area contributed by atoms with Crippen LogP contribution in [0, 0.1) is 6.92 Å². The molecule has 1 aromatic heterocycles. The average Bonchev–Trinajstić information content (AvgIpc) is 2.90. The van der Waals surface area contributed by atoms with E-state index < -0.39 is 0 Å². The second-order valence-corrected chi connectivity index (χ2v) is 5.07. The number of fused-ring (bicyclic) bond motifs is 1. The Kier molecular flexibility index (Phi) is 3.82. The summed E-state index contributed by atoms with van der Waals surface area (Å²) in [5.41, 5.74) is 2.52. The minimum absolute atomic E-state index is 0.609. The van der Waals surface area contributed by atoms with E-state index >= 15 is 0 Å². The first kappa shape index (κ1) is 13.6. The Morgan fingerprint density at radius 1 is 1.00 bits per heavy atom. The third kappa shape index (κ3) is 2.87. The number of nitrogens with zero attached hydrogens (tertiary/aromatic N) is 1. The van der Waals surface area contributed by atoms with Crippen LogP contribution in [0.3, 0.4) is 0 Å². The van der Waals surface area contributed by atoms with Gasteiger partial charge in [-0.15, -0.1) is 0 Å². The minimum atomic E-state index is 0.609. The number of aromatic nitrogens is 1. The highest BCUT2D eigenvalue weighted by molar-refractivity contribution is 5.80. The molecule has 1 heterocycles. The van der Waals surface area contributed by atoms with E-state index in [1.54, 1.807) is 7.11 Å². The molecule has 108 valence electrons. The molecule has 0 amide bonds. The van der Waals surface area contributed by atoms with Gasteiger partial charge in [0, 0.05) is 11.7 Å². The minimum Gasteiger partial charge on any atom is -0.493 e. The van der Waals surface area contributed by atoms with Crippen LogP contribution in [0.2, 0.25) is 0 Å². The molecular weight excluding hydrogens is 262 g/mol. The second-order valence-electron chi connectivity index (χ2n) is 5.07. The Balaban J connectivity index is 1.71. The van der Waals surface area contributed by atoms with Crippen molar-refractivity contribution in [1.82, 2.24) is 4.57 Å². The Morgan fingerprint density at radius 3 is 2.62 bits per heavy atom. The van der Waals surface area contributed by atoms with Crippen molar-refractivity contribution < 1.29 is 9.47 Å². The van der Waals surface area contributed by atoms with E-state index in [0.717, 1.165) is 18.0 Å². The number of hydrogen-bond acceptors (Lipinski definition) is 2. The number of para-hydroxylation sites is 2. The summed E-state index contributed by atoms with van der Waals surface area (Å²) in [6.45, 7) is 3.53. The first-order valence-electron chi connectivity index (χ1n) is 7.09. The highest BCUT2D eigenvalue weighted by Gasteiger charge is 2.04. The molecule has 2 aromatic carbocycles. The number of benzene rings is 2. The smallest absolute Gasteiger partial charge is 0.161 e. The maximum atomic E-state index is 5.83. The molecule has 3 rings (SSSR count). The van der Waals surface area contributed by atoms with Gasteiger partial charge in [0.05, 0.1) is 13.7 Å². The first-order valence-corrected chi connectivity index (χ1v) is 7.09. The van der Waals surface area contributed by atoms with Crippen LogP contribution < -0.4 is 9.47 Å². The molecule has 0 saturated heterocycles. The van der Waals surface area contributed by atoms with Crippen LogP contribution in [0.15, 0.2) is 54.7 Å². The number of methoxy groups -OCH3 is 1. The molecular formula is C18H19NO2. The van der Waals surface area contributed by atoms with Crippen LogP contribution in [0.4, 0.5) is 0 Å². The van der Waals surface area contributed by atoms with Gasteiger partial charge >= 0.3 is 0 Å². The number of aryl methyl sites for hydroxylation is 1. The van der Waals surface area contributed by atoms with Crippen LogP contribution in [0.5, 0.6) is 11.5 Å². The summed E-state index contributed by atoms with van der Waals surface area (Å²) in [6.07, 6.45) is 2.11. The lowest BCUT2D eigenvalue weighted by Gasteiger charge is -2.11. The fourth-order valence-corrected chi connectivity index (χ4v) is 2.48. The summed E-state index contributed by atoms with van der Waals surface area (Å²) in [5, 5.41) is 1.26. The van der Waals surface area contributed by atoms with E-state index in [-0.39, 0.29) is 0 Å². The fraction of sp³-hybridized carbons (Fsp3) is 0.222. The second kappa shape index (κ2) is 5.92. The lowest BCUT2D eigenvalue weighted by Crippen LogP contribution is -2.07. The highest BCUT2D eigenvalue weighted by atomic mass is 16.5. The molecule has 0 aliphatic heterocycles. The quantitative estimate of drug-likeness (QED) is 0.704. The summed E-state index contributed by atoms with van der Waals surface area (Å²) >= 11 is 0. The zero-order valence-corrected chi connectivity index (χ0v) is 12.4. The van der Waals surface area contributed by atoms with Gasteiger partial charge < -0.3 is 14.0 Å². The van der Waals surface area contributed by atoms with Crippen molar-refractivity contribution in [3.63, 3.8) is 0 Å². The normalized spacial score (nSPS) is 10.8. The Morgan fingerprint density at radius 2 is 1.81 bits per heavy atom. The molecule has 0 unspecified atom stereocenters. The van der Waals surface area contributed by atoms with Gasteiger partial charge in [-0.1, -0.05) is 24.3 Å². The van der Waals surface area contributed by atoms with E-state index in [9.17, 15) is 0 Å². The summed E-state index contributed by atoms with van der Waals surface area (Å²) in [5.74, 6) is 1.55. The van der Waals surface area contributed by atoms with Gasteiger partial charge in [-0.05, 0) is 42.1 Å². The van der Waals surface area contributed by atoms with Crippen molar-refractivity contribution in [2.45, 2.75) is 13.5 Å². The van der Waals surface area contributed by atoms with Gasteiger partial charge in [0.2, 0.25) is 0 Å². The lowest BCUT2D eigenvalue weighted by atomic mass is 10.2. The lowest BCUT2D eigenvalue weighted by molar-refractivity contribution is 0.281. The zero-order valence-electron chi connectivity index (χ0n) is 12.4. The maximum Gasteiger partial charge on any atom is 0.161 e. The van der Waals surface area contributed by atoms with E-state index in [1.165, 1.54) is 16.5 Å². The molecule has 0 aliphatic rings. The molecule has 0 spiro atoms. The van der Waals surface area contributed by atoms with Crippen LogP contribution in [0.1, 0.15) is 5.56 Å². The van der Waals surface area contributed by atoms with Crippen molar-refractivity contribution in [1.29, 1.82) is 0 Å². The number of hydrogen-bond donors (Lipinski definition) is 0. The van der Waals surface area contributed by atoms with Crippen LogP contribution >= 0.6 is 0 Å². The highest BCUT2D eigenvalue weighted by Crippen LogP contribution is 2.26. The molecule has 3 heteroatoms. The molecule has 0 bridgehead atoms. The van der Waals surface area contributed by atoms with Crippen molar-refractivity contribution in [2.75, 3.05) is 13.7 Å². The Labute approximate surface area is 124 Å². The van der Waals surface area contributed by atoms with E-state index in [4.69, 9.17) is 9.47 Å². The Bertz CT molecular complexity index is 746. The fourth-order valence-electron chi connectivity index (χ4n) is 2.48. The molecule has 0 radical (unpaired) electrons. The zero-order chi connectivity index (χ0) is 14.7. The summed E-state index contributed by atoms with van der Waals surface area (Å²) in [7, 11) is 1.66. The number of rotatable bonds is 5. The molecule has 0 saturated carbocycles. The van der Waals surface area contributed by atoms with Crippen molar-refractivity contribution in [3.8, 4) is 11.5 Å². The third-order valence-corrected chi connectivity index (χ3v) is 3.59. The van der Waals surface area contributed by atoms with E-state index in [0.29, 0.717) is 6.61 Å². The van der Waals surface area contributed by atoms with E-state index in [2.05, 4.69) is 42.0 Å². The molecule has 0 N–H and O–H groups in total. The van der Waals surface area contributed by atoms with Crippen molar-refractivity contribution in [3.05, 3.63) is 60.3 Å². The predicted molar refractivity (Wildman–Crippen MR) is 85.2 cm³/mol. The van der Waals surface area contributed by atoms with Crippen molar-refractivity contribution >= 4 is 10.9 Å². The maximum absolute atomic E-state index is 5.83. The summed E-state index contributed by atoms with van der Waals surface area (Å²) in [4.78, 5) is 0. The largest absolute Gasteiger partial charge is 0.493 e. The predicted octanol–water partition coefficient (Wildman–Crippen LogP) is 4.04. The number of ether oxygens (including phenoxy) is 2. The molecule has 0 fully saturated rings. The van der Waals surface area contributed by atoms with Gasteiger partial charge in [-0.25, -0.2) is 0 Å². The first-order chi connectivity index (χ1) is 10.3. The molecule has 21 heavy (non-hydrogen) atoms. The summed E-state index contributed by atoms with van der Waals surface area (Å²) < 4.78 is 13.3. The van der Waals surface area contributed by atoms with Gasteiger partial charge in [0.25, 0.3) is 0 Å². The standard InChI is InChI=1S/C18H19NO2/c1-14-7-8-15-9-10-19(16(15)13-14)11-12-21-18-6-4-3-5-17(18)20-2/h3-10,13H,11-12H2,1-2H3. The van der Waals surface area contributed by atoms with Gasteiger partial charge in [0.1, 0.15) is 6.61 Å². The Hall–Kier alpha value is -2.42. The van der Waals surface area contributed by atoms with Crippen LogP contribution in [-0.2, 0) is 6.54 Å². The molecule has 0 atom stereocenters. The molecule has 3 nitrogen and oxygen atoms in total. The molecule has 3 aromatic rings. The molecule has 0 aliphatic carbocycles. The van der Waals surface area contributed by atoms with E-state index in [1.807, 2.05) is 24.3 Å². The van der Waals surface area contributed by atoms with Gasteiger partial charge in [-0.3, -0.25) is 0 Å². The van der Waals surface area contributed by atoms with Gasteiger partial charge in [0.15, 0.2) is 11.5 Å². The third-order valence-electron chi connectivity index (χ3n) is 3.59. The van der Waals surface area contributed by atoms with Crippen molar-refractivity contribution in [2.24, 2.45) is 0 Å². The van der Waals surface area contributed by atoms with Gasteiger partial charge in [-0.2, -0.15) is 0 Å². The average molecular weight is 281 g/mol. The summed E-state index contributed by atoms with van der Waals surface area (Å²) in [6, 6.07) is 16.4. The SMILES string of the molecule is COc1ccccc1OCCn1ccc2ccc(C)cc21.